The summed E-state index contributed by atoms with van der Waals surface area (Å²) in [6.07, 6.45) is 1.20. The Morgan fingerprint density at radius 3 is 2.79 bits per heavy atom. The summed E-state index contributed by atoms with van der Waals surface area (Å²) in [6.45, 7) is 1.58. The van der Waals surface area contributed by atoms with Crippen molar-refractivity contribution >= 4 is 17.4 Å². The Kier molecular flexibility index (Phi) is 3.96. The summed E-state index contributed by atoms with van der Waals surface area (Å²) >= 11 is 5.85. The molecule has 0 radical (unpaired) electrons. The van der Waals surface area contributed by atoms with Gasteiger partial charge >= 0.3 is 0 Å². The molecule has 1 aromatic rings. The van der Waals surface area contributed by atoms with E-state index in [-0.39, 0.29) is 5.78 Å². The fourth-order valence-corrected chi connectivity index (χ4v) is 1.45. The van der Waals surface area contributed by atoms with E-state index in [4.69, 9.17) is 16.3 Å². The Morgan fingerprint density at radius 2 is 2.21 bits per heavy atom. The predicted octanol–water partition coefficient (Wildman–Crippen LogP) is 2.87. The van der Waals surface area contributed by atoms with Gasteiger partial charge in [0.05, 0.1) is 7.11 Å². The van der Waals surface area contributed by atoms with Gasteiger partial charge < -0.3 is 9.53 Å². The lowest BCUT2D eigenvalue weighted by Crippen LogP contribution is -1.97. The molecule has 0 aliphatic carbocycles. The van der Waals surface area contributed by atoms with Crippen molar-refractivity contribution in [2.24, 2.45) is 0 Å². The minimum atomic E-state index is 0.173. The minimum absolute atomic E-state index is 0.173. The van der Waals surface area contributed by atoms with Gasteiger partial charge in [0.1, 0.15) is 11.5 Å². The first-order valence-electron chi connectivity index (χ1n) is 4.45. The number of carbonyl (C=O) groups excluding carboxylic acids is 1. The molecule has 0 saturated carbocycles. The number of ketones is 1. The van der Waals surface area contributed by atoms with Crippen molar-refractivity contribution in [1.29, 1.82) is 0 Å². The maximum atomic E-state index is 10.8. The van der Waals surface area contributed by atoms with Crippen LogP contribution in [0.25, 0.3) is 0 Å². The van der Waals surface area contributed by atoms with Crippen LogP contribution in [0.3, 0.4) is 0 Å². The summed E-state index contributed by atoms with van der Waals surface area (Å²) in [5.74, 6) is 0.961. The number of hydrogen-bond donors (Lipinski definition) is 0. The molecule has 0 unspecified atom stereocenters. The second-order valence-electron chi connectivity index (χ2n) is 3.16. The van der Waals surface area contributed by atoms with Crippen LogP contribution in [0.5, 0.6) is 5.75 Å². The molecule has 0 spiro atoms. The third kappa shape index (κ3) is 3.04. The molecular weight excluding hydrogens is 200 g/mol. The maximum absolute atomic E-state index is 10.8. The van der Waals surface area contributed by atoms with Gasteiger partial charge in [0, 0.05) is 11.4 Å². The highest BCUT2D eigenvalue weighted by atomic mass is 35.5. The standard InChI is InChI=1S/C11H13ClO2/c1-8(13)3-4-9-7-10(12)5-6-11(9)14-2/h5-7H,3-4H2,1-2H3. The van der Waals surface area contributed by atoms with Crippen LogP contribution in [-0.4, -0.2) is 12.9 Å². The van der Waals surface area contributed by atoms with Crippen LogP contribution in [0.4, 0.5) is 0 Å². The molecule has 0 fully saturated rings. The van der Waals surface area contributed by atoms with Crippen molar-refractivity contribution in [3.05, 3.63) is 28.8 Å². The third-order valence-corrected chi connectivity index (χ3v) is 2.22. The Bertz CT molecular complexity index is 334. The Morgan fingerprint density at radius 1 is 1.50 bits per heavy atom. The largest absolute Gasteiger partial charge is 0.496 e. The van der Waals surface area contributed by atoms with Gasteiger partial charge in [-0.3, -0.25) is 0 Å². The second-order valence-corrected chi connectivity index (χ2v) is 3.59. The number of halogens is 1. The summed E-state index contributed by atoms with van der Waals surface area (Å²) in [6, 6.07) is 5.43. The van der Waals surface area contributed by atoms with Crippen molar-refractivity contribution in [3.8, 4) is 5.75 Å². The molecule has 0 aromatic heterocycles. The van der Waals surface area contributed by atoms with Crippen LogP contribution >= 0.6 is 11.6 Å². The summed E-state index contributed by atoms with van der Waals surface area (Å²) in [4.78, 5) is 10.8. The maximum Gasteiger partial charge on any atom is 0.130 e. The van der Waals surface area contributed by atoms with E-state index < -0.39 is 0 Å². The molecule has 0 saturated heterocycles. The lowest BCUT2D eigenvalue weighted by molar-refractivity contribution is -0.116. The fraction of sp³-hybridized carbons (Fsp3) is 0.364. The van der Waals surface area contributed by atoms with Crippen LogP contribution in [0.2, 0.25) is 5.02 Å². The topological polar surface area (TPSA) is 26.3 Å². The molecule has 0 amide bonds. The molecule has 3 heteroatoms. The molecular formula is C11H13ClO2. The first-order valence-corrected chi connectivity index (χ1v) is 4.83. The fourth-order valence-electron chi connectivity index (χ4n) is 1.25. The number of benzene rings is 1. The lowest BCUT2D eigenvalue weighted by Gasteiger charge is -2.07. The van der Waals surface area contributed by atoms with Crippen LogP contribution in [-0.2, 0) is 11.2 Å². The van der Waals surface area contributed by atoms with Crippen molar-refractivity contribution < 1.29 is 9.53 Å². The summed E-state index contributed by atoms with van der Waals surface area (Å²) in [5, 5.41) is 0.671. The van der Waals surface area contributed by atoms with E-state index in [2.05, 4.69) is 0 Å². The van der Waals surface area contributed by atoms with Gasteiger partial charge in [-0.1, -0.05) is 11.6 Å². The van der Waals surface area contributed by atoms with Crippen LogP contribution < -0.4 is 4.74 Å². The van der Waals surface area contributed by atoms with Crippen LogP contribution in [0, 0.1) is 0 Å². The molecule has 0 aliphatic rings. The zero-order valence-corrected chi connectivity index (χ0v) is 9.10. The van der Waals surface area contributed by atoms with Gasteiger partial charge in [0.25, 0.3) is 0 Å². The molecule has 76 valence electrons. The molecule has 0 N–H and O–H groups in total. The van der Waals surface area contributed by atoms with Crippen molar-refractivity contribution in [2.75, 3.05) is 7.11 Å². The van der Waals surface area contributed by atoms with Gasteiger partial charge in [0.15, 0.2) is 0 Å². The summed E-state index contributed by atoms with van der Waals surface area (Å²) in [7, 11) is 1.61. The SMILES string of the molecule is COc1ccc(Cl)cc1CCC(C)=O. The molecule has 0 aliphatic heterocycles. The number of carbonyl (C=O) groups is 1. The normalized spacial score (nSPS) is 9.93. The first-order chi connectivity index (χ1) is 6.63. The molecule has 0 bridgehead atoms. The van der Waals surface area contributed by atoms with E-state index in [1.54, 1.807) is 20.1 Å². The zero-order valence-electron chi connectivity index (χ0n) is 8.34. The van der Waals surface area contributed by atoms with Gasteiger partial charge in [0.2, 0.25) is 0 Å². The third-order valence-electron chi connectivity index (χ3n) is 1.99. The van der Waals surface area contributed by atoms with Gasteiger partial charge in [-0.25, -0.2) is 0 Å². The first kappa shape index (κ1) is 11.1. The molecule has 0 atom stereocenters. The van der Waals surface area contributed by atoms with E-state index in [1.807, 2.05) is 12.1 Å². The molecule has 1 aromatic carbocycles. The number of rotatable bonds is 4. The highest BCUT2D eigenvalue weighted by Gasteiger charge is 2.04. The Hall–Kier alpha value is -1.02. The average molecular weight is 213 g/mol. The Balaban J connectivity index is 2.82. The Labute approximate surface area is 88.8 Å². The quantitative estimate of drug-likeness (QED) is 0.767. The molecule has 1 rings (SSSR count). The number of hydrogen-bond acceptors (Lipinski definition) is 2. The number of aryl methyl sites for hydroxylation is 1. The van der Waals surface area contributed by atoms with E-state index in [0.29, 0.717) is 17.9 Å². The highest BCUT2D eigenvalue weighted by molar-refractivity contribution is 6.30. The van der Waals surface area contributed by atoms with Crippen molar-refractivity contribution in [1.82, 2.24) is 0 Å². The lowest BCUT2D eigenvalue weighted by atomic mass is 10.1. The summed E-state index contributed by atoms with van der Waals surface area (Å²) in [5.41, 5.74) is 0.982. The number of ether oxygens (including phenoxy) is 1. The molecule has 14 heavy (non-hydrogen) atoms. The molecule has 0 heterocycles. The van der Waals surface area contributed by atoms with E-state index >= 15 is 0 Å². The van der Waals surface area contributed by atoms with Gasteiger partial charge in [-0.05, 0) is 37.1 Å². The minimum Gasteiger partial charge on any atom is -0.496 e. The number of methoxy groups -OCH3 is 1. The molecule has 2 nitrogen and oxygen atoms in total. The van der Waals surface area contributed by atoms with Crippen molar-refractivity contribution in [2.45, 2.75) is 19.8 Å². The van der Waals surface area contributed by atoms with Crippen LogP contribution in [0.1, 0.15) is 18.9 Å². The van der Waals surface area contributed by atoms with E-state index in [0.717, 1.165) is 11.3 Å². The smallest absolute Gasteiger partial charge is 0.130 e. The number of Topliss-reactive ketones (excluding diaryl/α,β-unsaturated/α-hetero) is 1. The predicted molar refractivity (Wildman–Crippen MR) is 57.0 cm³/mol. The van der Waals surface area contributed by atoms with E-state index in [9.17, 15) is 4.79 Å². The van der Waals surface area contributed by atoms with E-state index in [1.165, 1.54) is 0 Å². The second kappa shape index (κ2) is 5.01. The van der Waals surface area contributed by atoms with Crippen molar-refractivity contribution in [3.63, 3.8) is 0 Å². The summed E-state index contributed by atoms with van der Waals surface area (Å²) < 4.78 is 5.16. The van der Waals surface area contributed by atoms with Gasteiger partial charge in [-0.2, -0.15) is 0 Å². The average Bonchev–Trinajstić information content (AvgIpc) is 2.15. The monoisotopic (exact) mass is 212 g/mol. The van der Waals surface area contributed by atoms with Gasteiger partial charge in [-0.15, -0.1) is 0 Å². The zero-order chi connectivity index (χ0) is 10.6. The highest BCUT2D eigenvalue weighted by Crippen LogP contribution is 2.23. The van der Waals surface area contributed by atoms with Crippen LogP contribution in [0.15, 0.2) is 18.2 Å².